The number of carbonyl (C=O) groups is 1. The average Bonchev–Trinajstić information content (AvgIpc) is 3.22. The normalized spacial score (nSPS) is 53.2. The molecule has 6 unspecified atom stereocenters. The van der Waals surface area contributed by atoms with Gasteiger partial charge in [0.15, 0.2) is 0 Å². The fourth-order valence-corrected chi connectivity index (χ4v) is 4.21. The summed E-state index contributed by atoms with van der Waals surface area (Å²) in [5.41, 5.74) is -0.510. The average molecular weight is 252 g/mol. The number of hydrogen-bond acceptors (Lipinski definition) is 3. The van der Waals surface area contributed by atoms with Gasteiger partial charge >= 0.3 is 5.97 Å². The Kier molecular flexibility index (Phi) is 2.31. The molecule has 2 aliphatic carbocycles. The van der Waals surface area contributed by atoms with Gasteiger partial charge in [0.05, 0.1) is 29.8 Å². The van der Waals surface area contributed by atoms with Crippen LogP contribution in [0.3, 0.4) is 0 Å². The molecule has 100 valence electrons. The molecule has 2 aliphatic heterocycles. The molecule has 0 aromatic carbocycles. The third-order valence-electron chi connectivity index (χ3n) is 5.43. The van der Waals surface area contributed by atoms with Crippen molar-refractivity contribution in [3.63, 3.8) is 0 Å². The van der Waals surface area contributed by atoms with Crippen LogP contribution in [0, 0.1) is 11.3 Å². The summed E-state index contributed by atoms with van der Waals surface area (Å²) in [7, 11) is 0. The number of epoxide rings is 2. The molecule has 2 saturated heterocycles. The van der Waals surface area contributed by atoms with Gasteiger partial charge in [-0.1, -0.05) is 0 Å². The minimum atomic E-state index is -0.602. The van der Waals surface area contributed by atoms with Gasteiger partial charge in [-0.25, -0.2) is 0 Å². The minimum Gasteiger partial charge on any atom is -0.481 e. The van der Waals surface area contributed by atoms with Gasteiger partial charge in [-0.15, -0.1) is 0 Å². The Morgan fingerprint density at radius 1 is 1.11 bits per heavy atom. The maximum atomic E-state index is 11.7. The molecule has 4 heteroatoms. The first-order valence-electron chi connectivity index (χ1n) is 7.21. The van der Waals surface area contributed by atoms with Crippen molar-refractivity contribution in [3.8, 4) is 0 Å². The van der Waals surface area contributed by atoms with Crippen LogP contribution in [-0.4, -0.2) is 35.5 Å². The predicted octanol–water partition coefficient (Wildman–Crippen LogP) is 1.97. The number of ether oxygens (including phenoxy) is 2. The highest BCUT2D eigenvalue weighted by Crippen LogP contribution is 2.52. The Hall–Kier alpha value is -0.610. The smallest absolute Gasteiger partial charge is 0.309 e. The summed E-state index contributed by atoms with van der Waals surface area (Å²) in [6, 6.07) is 0. The quantitative estimate of drug-likeness (QED) is 0.780. The Bertz CT molecular complexity index is 382. The predicted molar refractivity (Wildman–Crippen MR) is 63.2 cm³/mol. The van der Waals surface area contributed by atoms with Crippen molar-refractivity contribution in [2.75, 3.05) is 0 Å². The van der Waals surface area contributed by atoms with E-state index in [1.165, 1.54) is 0 Å². The summed E-state index contributed by atoms with van der Waals surface area (Å²) < 4.78 is 11.1. The van der Waals surface area contributed by atoms with Crippen molar-refractivity contribution >= 4 is 5.97 Å². The topological polar surface area (TPSA) is 62.4 Å². The van der Waals surface area contributed by atoms with Crippen molar-refractivity contribution in [3.05, 3.63) is 0 Å². The van der Waals surface area contributed by atoms with E-state index in [1.54, 1.807) is 0 Å². The third kappa shape index (κ3) is 1.77. The summed E-state index contributed by atoms with van der Waals surface area (Å²) >= 11 is 0. The van der Waals surface area contributed by atoms with E-state index < -0.39 is 11.4 Å². The molecule has 1 N–H and O–H groups in total. The summed E-state index contributed by atoms with van der Waals surface area (Å²) in [5.74, 6) is -0.0598. The molecular weight excluding hydrogens is 232 g/mol. The standard InChI is InChI=1S/C14H20O4/c15-13(16)14(4-3-10-12(7-14)18-10)6-8-1-2-9-11(5-8)17-9/h8-12H,1-7H2,(H,15,16). The van der Waals surface area contributed by atoms with Crippen molar-refractivity contribution < 1.29 is 19.4 Å². The maximum absolute atomic E-state index is 11.7. The van der Waals surface area contributed by atoms with Crippen LogP contribution in [0.5, 0.6) is 0 Å². The van der Waals surface area contributed by atoms with Crippen LogP contribution in [0.2, 0.25) is 0 Å². The molecular formula is C14H20O4. The molecule has 6 atom stereocenters. The molecule has 4 aliphatic rings. The molecule has 0 aromatic rings. The van der Waals surface area contributed by atoms with Gasteiger partial charge in [0, 0.05) is 0 Å². The van der Waals surface area contributed by atoms with Gasteiger partial charge in [0.2, 0.25) is 0 Å². The van der Waals surface area contributed by atoms with Gasteiger partial charge in [-0.05, 0) is 50.9 Å². The Labute approximate surface area is 107 Å². The van der Waals surface area contributed by atoms with E-state index in [4.69, 9.17) is 9.47 Å². The first-order chi connectivity index (χ1) is 8.66. The maximum Gasteiger partial charge on any atom is 0.309 e. The fourth-order valence-electron chi connectivity index (χ4n) is 4.21. The van der Waals surface area contributed by atoms with Crippen LogP contribution in [0.4, 0.5) is 0 Å². The molecule has 4 nitrogen and oxygen atoms in total. The van der Waals surface area contributed by atoms with Crippen molar-refractivity contribution in [1.29, 1.82) is 0 Å². The Morgan fingerprint density at radius 2 is 1.89 bits per heavy atom. The van der Waals surface area contributed by atoms with Gasteiger partial charge < -0.3 is 14.6 Å². The molecule has 0 spiro atoms. The molecule has 0 radical (unpaired) electrons. The molecule has 0 bridgehead atoms. The Balaban J connectivity index is 1.46. The lowest BCUT2D eigenvalue weighted by molar-refractivity contribution is -0.152. The molecule has 4 rings (SSSR count). The molecule has 0 amide bonds. The highest BCUT2D eigenvalue weighted by Gasteiger charge is 2.55. The second-order valence-electron chi connectivity index (χ2n) is 6.64. The van der Waals surface area contributed by atoms with Crippen molar-refractivity contribution in [1.82, 2.24) is 0 Å². The van der Waals surface area contributed by atoms with Gasteiger partial charge in [0.1, 0.15) is 0 Å². The second-order valence-corrected chi connectivity index (χ2v) is 6.64. The van der Waals surface area contributed by atoms with Crippen LogP contribution < -0.4 is 0 Å². The summed E-state index contributed by atoms with van der Waals surface area (Å²) in [6.45, 7) is 0. The van der Waals surface area contributed by atoms with Crippen molar-refractivity contribution in [2.45, 2.75) is 69.4 Å². The third-order valence-corrected chi connectivity index (χ3v) is 5.43. The number of hydrogen-bond donors (Lipinski definition) is 1. The lowest BCUT2D eigenvalue weighted by Gasteiger charge is -2.35. The van der Waals surface area contributed by atoms with E-state index in [0.29, 0.717) is 24.2 Å². The molecule has 0 aromatic heterocycles. The number of carboxylic acid groups (broad SMARTS) is 1. The first kappa shape index (κ1) is 11.2. The summed E-state index contributed by atoms with van der Waals surface area (Å²) in [5, 5.41) is 9.65. The van der Waals surface area contributed by atoms with Crippen LogP contribution >= 0.6 is 0 Å². The fraction of sp³-hybridized carbons (Fsp3) is 0.929. The number of fused-ring (bicyclic) bond motifs is 2. The van der Waals surface area contributed by atoms with Crippen LogP contribution in [0.1, 0.15) is 44.9 Å². The summed E-state index contributed by atoms with van der Waals surface area (Å²) in [4.78, 5) is 11.7. The van der Waals surface area contributed by atoms with E-state index in [1.807, 2.05) is 0 Å². The van der Waals surface area contributed by atoms with Gasteiger partial charge in [0.25, 0.3) is 0 Å². The largest absolute Gasteiger partial charge is 0.481 e. The lowest BCUT2D eigenvalue weighted by atomic mass is 9.67. The first-order valence-corrected chi connectivity index (χ1v) is 7.21. The minimum absolute atomic E-state index is 0.239. The molecule has 2 heterocycles. The van der Waals surface area contributed by atoms with Crippen molar-refractivity contribution in [2.24, 2.45) is 11.3 Å². The monoisotopic (exact) mass is 252 g/mol. The van der Waals surface area contributed by atoms with Gasteiger partial charge in [-0.2, -0.15) is 0 Å². The van der Waals surface area contributed by atoms with E-state index in [0.717, 1.165) is 44.9 Å². The SMILES string of the molecule is O=C(O)C1(CC2CCC3OC3C2)CCC2OC2C1. The van der Waals surface area contributed by atoms with Gasteiger partial charge in [-0.3, -0.25) is 4.79 Å². The number of aliphatic carboxylic acids is 1. The Morgan fingerprint density at radius 3 is 2.61 bits per heavy atom. The molecule has 4 fully saturated rings. The van der Waals surface area contributed by atoms with Crippen LogP contribution in [-0.2, 0) is 14.3 Å². The zero-order valence-electron chi connectivity index (χ0n) is 10.5. The van der Waals surface area contributed by atoms with E-state index >= 15 is 0 Å². The molecule has 2 saturated carbocycles. The van der Waals surface area contributed by atoms with Crippen LogP contribution in [0.25, 0.3) is 0 Å². The van der Waals surface area contributed by atoms with E-state index in [-0.39, 0.29) is 6.10 Å². The van der Waals surface area contributed by atoms with Crippen LogP contribution in [0.15, 0.2) is 0 Å². The highest BCUT2D eigenvalue weighted by atomic mass is 16.6. The molecule has 18 heavy (non-hydrogen) atoms. The van der Waals surface area contributed by atoms with E-state index in [2.05, 4.69) is 0 Å². The zero-order valence-corrected chi connectivity index (χ0v) is 10.5. The second kappa shape index (κ2) is 3.70. The lowest BCUT2D eigenvalue weighted by Crippen LogP contribution is -2.38. The highest BCUT2D eigenvalue weighted by molar-refractivity contribution is 5.75. The number of rotatable bonds is 3. The number of carboxylic acids is 1. The summed E-state index contributed by atoms with van der Waals surface area (Å²) in [6.07, 6.45) is 8.23. The zero-order chi connectivity index (χ0) is 12.3. The van der Waals surface area contributed by atoms with E-state index in [9.17, 15) is 9.90 Å².